The summed E-state index contributed by atoms with van der Waals surface area (Å²) in [6.07, 6.45) is -1.17. The average molecular weight is 434 g/mol. The smallest absolute Gasteiger partial charge is 0.348 e. The van der Waals surface area contributed by atoms with Crippen LogP contribution in [0.4, 0.5) is 10.7 Å². The van der Waals surface area contributed by atoms with Crippen molar-refractivity contribution >= 4 is 45.8 Å². The maximum Gasteiger partial charge on any atom is 0.348 e. The number of anilines is 2. The van der Waals surface area contributed by atoms with Gasteiger partial charge in [-0.2, -0.15) is 0 Å². The lowest BCUT2D eigenvalue weighted by Gasteiger charge is -2.13. The second-order valence-corrected chi connectivity index (χ2v) is 7.15. The van der Waals surface area contributed by atoms with Crippen LogP contribution in [0.15, 0.2) is 24.3 Å². The molecule has 10 heteroatoms. The van der Waals surface area contributed by atoms with Gasteiger partial charge in [-0.1, -0.05) is 0 Å². The molecule has 160 valence electrons. The first-order valence-electron chi connectivity index (χ1n) is 8.95. The Morgan fingerprint density at radius 2 is 1.73 bits per heavy atom. The number of amides is 1. The number of methoxy groups -OCH3 is 1. The molecular formula is C20H22N2O7S. The van der Waals surface area contributed by atoms with Crippen LogP contribution in [0.2, 0.25) is 0 Å². The third-order valence-corrected chi connectivity index (χ3v) is 5.22. The molecule has 30 heavy (non-hydrogen) atoms. The Kier molecular flexibility index (Phi) is 7.54. The molecule has 1 aromatic carbocycles. The molecule has 0 saturated carbocycles. The lowest BCUT2D eigenvalue weighted by molar-refractivity contribution is -0.123. The van der Waals surface area contributed by atoms with Gasteiger partial charge in [0.2, 0.25) is 0 Å². The van der Waals surface area contributed by atoms with Gasteiger partial charge < -0.3 is 25.3 Å². The molecule has 0 aliphatic carbocycles. The zero-order valence-electron chi connectivity index (χ0n) is 16.9. The minimum Gasteiger partial charge on any atom is -0.465 e. The number of carbonyl (C=O) groups excluding carboxylic acids is 4. The van der Waals surface area contributed by atoms with Crippen molar-refractivity contribution in [3.8, 4) is 0 Å². The van der Waals surface area contributed by atoms with E-state index in [1.54, 1.807) is 13.8 Å². The van der Waals surface area contributed by atoms with Crippen LogP contribution in [-0.2, 0) is 19.0 Å². The Bertz CT molecular complexity index is 966. The van der Waals surface area contributed by atoms with Crippen LogP contribution in [0.1, 0.15) is 49.8 Å². The first-order chi connectivity index (χ1) is 14.2. The van der Waals surface area contributed by atoms with Gasteiger partial charge in [-0.05, 0) is 50.6 Å². The SMILES string of the molecule is CCOC(=O)c1sc(NC(=O)C(C)OC(=O)c2ccc(N)cc2)c(C(=O)OC)c1C. The predicted octanol–water partition coefficient (Wildman–Crippen LogP) is 2.79. The zero-order chi connectivity index (χ0) is 22.4. The fourth-order valence-electron chi connectivity index (χ4n) is 2.46. The summed E-state index contributed by atoms with van der Waals surface area (Å²) in [5, 5.41) is 2.62. The van der Waals surface area contributed by atoms with Crippen LogP contribution < -0.4 is 11.1 Å². The lowest BCUT2D eigenvalue weighted by Crippen LogP contribution is -2.30. The monoisotopic (exact) mass is 434 g/mol. The molecule has 2 rings (SSSR count). The highest BCUT2D eigenvalue weighted by Crippen LogP contribution is 2.34. The van der Waals surface area contributed by atoms with E-state index in [-0.39, 0.29) is 27.6 Å². The minimum absolute atomic E-state index is 0.0379. The van der Waals surface area contributed by atoms with Crippen LogP contribution >= 0.6 is 11.3 Å². The normalized spacial score (nSPS) is 11.3. The number of benzene rings is 1. The van der Waals surface area contributed by atoms with Crippen LogP contribution in [0.5, 0.6) is 0 Å². The number of nitrogen functional groups attached to an aromatic ring is 1. The quantitative estimate of drug-likeness (QED) is 0.386. The van der Waals surface area contributed by atoms with E-state index in [0.717, 1.165) is 11.3 Å². The van der Waals surface area contributed by atoms with Crippen molar-refractivity contribution in [1.29, 1.82) is 0 Å². The molecule has 9 nitrogen and oxygen atoms in total. The summed E-state index contributed by atoms with van der Waals surface area (Å²) >= 11 is 0.879. The molecular weight excluding hydrogens is 412 g/mol. The van der Waals surface area contributed by atoms with Crippen LogP contribution in [0, 0.1) is 6.92 Å². The van der Waals surface area contributed by atoms with E-state index >= 15 is 0 Å². The number of nitrogens with two attached hydrogens (primary N) is 1. The minimum atomic E-state index is -1.17. The van der Waals surface area contributed by atoms with Crippen molar-refractivity contribution in [2.24, 2.45) is 0 Å². The van der Waals surface area contributed by atoms with E-state index in [9.17, 15) is 19.2 Å². The molecule has 0 radical (unpaired) electrons. The molecule has 1 amide bonds. The van der Waals surface area contributed by atoms with Crippen LogP contribution in [0.25, 0.3) is 0 Å². The number of nitrogens with one attached hydrogen (secondary N) is 1. The van der Waals surface area contributed by atoms with E-state index in [1.165, 1.54) is 38.3 Å². The fraction of sp³-hybridized carbons (Fsp3) is 0.300. The van der Waals surface area contributed by atoms with Crippen molar-refractivity contribution < 1.29 is 33.4 Å². The predicted molar refractivity (Wildman–Crippen MR) is 111 cm³/mol. The van der Waals surface area contributed by atoms with Crippen LogP contribution in [0.3, 0.4) is 0 Å². The van der Waals surface area contributed by atoms with Gasteiger partial charge in [0, 0.05) is 5.69 Å². The number of ether oxygens (including phenoxy) is 3. The average Bonchev–Trinajstić information content (AvgIpc) is 3.03. The molecule has 0 spiro atoms. The topological polar surface area (TPSA) is 134 Å². The number of rotatable bonds is 7. The summed E-state index contributed by atoms with van der Waals surface area (Å²) in [6.45, 7) is 4.75. The van der Waals surface area contributed by atoms with Gasteiger partial charge in [0.15, 0.2) is 6.10 Å². The Morgan fingerprint density at radius 1 is 1.10 bits per heavy atom. The highest BCUT2D eigenvalue weighted by Gasteiger charge is 2.28. The standard InChI is InChI=1S/C20H22N2O7S/c1-5-28-20(26)15-10(2)14(19(25)27-4)17(30-15)22-16(23)11(3)29-18(24)12-6-8-13(21)9-7-12/h6-9,11H,5,21H2,1-4H3,(H,22,23). The largest absolute Gasteiger partial charge is 0.465 e. The van der Waals surface area contributed by atoms with Crippen molar-refractivity contribution in [2.45, 2.75) is 26.9 Å². The van der Waals surface area contributed by atoms with Gasteiger partial charge in [0.1, 0.15) is 9.88 Å². The Balaban J connectivity index is 2.20. The van der Waals surface area contributed by atoms with E-state index in [1.807, 2.05) is 0 Å². The van der Waals surface area contributed by atoms with E-state index in [2.05, 4.69) is 5.32 Å². The molecule has 0 saturated heterocycles. The number of thiophene rings is 1. The van der Waals surface area contributed by atoms with Gasteiger partial charge >= 0.3 is 17.9 Å². The number of hydrogen-bond acceptors (Lipinski definition) is 9. The third-order valence-electron chi connectivity index (χ3n) is 4.03. The van der Waals surface area contributed by atoms with Crippen molar-refractivity contribution in [3.05, 3.63) is 45.8 Å². The van der Waals surface area contributed by atoms with Gasteiger partial charge in [-0.15, -0.1) is 11.3 Å². The van der Waals surface area contributed by atoms with Gasteiger partial charge in [-0.25, -0.2) is 14.4 Å². The molecule has 3 N–H and O–H groups in total. The highest BCUT2D eigenvalue weighted by molar-refractivity contribution is 7.18. The summed E-state index contributed by atoms with van der Waals surface area (Å²) in [4.78, 5) is 49.2. The molecule has 0 bridgehead atoms. The molecule has 0 aliphatic rings. The Morgan fingerprint density at radius 3 is 2.30 bits per heavy atom. The molecule has 1 aromatic heterocycles. The van der Waals surface area contributed by atoms with E-state index in [0.29, 0.717) is 11.3 Å². The number of hydrogen-bond donors (Lipinski definition) is 2. The fourth-order valence-corrected chi connectivity index (χ4v) is 3.55. The summed E-state index contributed by atoms with van der Waals surface area (Å²) < 4.78 is 14.9. The second-order valence-electron chi connectivity index (χ2n) is 6.13. The maximum absolute atomic E-state index is 12.5. The summed E-state index contributed by atoms with van der Waals surface area (Å²) in [5.74, 6) is -2.73. The first-order valence-corrected chi connectivity index (χ1v) is 9.77. The second kappa shape index (κ2) is 9.88. The maximum atomic E-state index is 12.5. The number of esters is 3. The molecule has 0 fully saturated rings. The Hall–Kier alpha value is -3.40. The number of carbonyl (C=O) groups is 4. The van der Waals surface area contributed by atoms with Gasteiger partial charge in [0.05, 0.1) is 24.8 Å². The third kappa shape index (κ3) is 5.15. The molecule has 1 unspecified atom stereocenters. The summed E-state index contributed by atoms with van der Waals surface area (Å²) in [5.41, 5.74) is 6.66. The molecule has 1 atom stereocenters. The Labute approximate surface area is 177 Å². The van der Waals surface area contributed by atoms with Crippen LogP contribution in [-0.4, -0.2) is 43.6 Å². The molecule has 1 heterocycles. The highest BCUT2D eigenvalue weighted by atomic mass is 32.1. The zero-order valence-corrected chi connectivity index (χ0v) is 17.8. The lowest BCUT2D eigenvalue weighted by atomic mass is 10.1. The molecule has 0 aliphatic heterocycles. The van der Waals surface area contributed by atoms with Gasteiger partial charge in [-0.3, -0.25) is 4.79 Å². The van der Waals surface area contributed by atoms with E-state index in [4.69, 9.17) is 19.9 Å². The van der Waals surface area contributed by atoms with Gasteiger partial charge in [0.25, 0.3) is 5.91 Å². The van der Waals surface area contributed by atoms with Crippen molar-refractivity contribution in [3.63, 3.8) is 0 Å². The first kappa shape index (κ1) is 22.9. The summed E-state index contributed by atoms with van der Waals surface area (Å²) in [6, 6.07) is 6.03. The van der Waals surface area contributed by atoms with E-state index < -0.39 is 29.9 Å². The van der Waals surface area contributed by atoms with Crippen molar-refractivity contribution in [2.75, 3.05) is 24.8 Å². The molecule has 2 aromatic rings. The van der Waals surface area contributed by atoms with Crippen molar-refractivity contribution in [1.82, 2.24) is 0 Å². The summed E-state index contributed by atoms with van der Waals surface area (Å²) in [7, 11) is 1.19.